The van der Waals surface area contributed by atoms with Gasteiger partial charge in [-0.15, -0.1) is 0 Å². The average molecular weight is 284 g/mol. The highest BCUT2D eigenvalue weighted by Gasteiger charge is 2.18. The number of ketones is 1. The minimum Gasteiger partial charge on any atom is -0.360 e. The normalized spacial score (nSPS) is 10.7. The van der Waals surface area contributed by atoms with Gasteiger partial charge in [0.05, 0.1) is 16.0 Å². The monoisotopic (exact) mass is 284 g/mol. The van der Waals surface area contributed by atoms with Gasteiger partial charge < -0.3 is 4.98 Å². The molecular formula is C15H9FN2O3. The molecule has 0 amide bonds. The standard InChI is InChI=1S/C15H9FN2O3/c16-13-4-2-1-3-11(13)15(19)12-8-17-14-7-9(18(20)21)5-6-10(12)14/h1-8,17H. The quantitative estimate of drug-likeness (QED) is 0.454. The molecule has 3 rings (SSSR count). The molecule has 1 aromatic heterocycles. The predicted octanol–water partition coefficient (Wildman–Crippen LogP) is 3.45. The fraction of sp³-hybridized carbons (Fsp3) is 0. The zero-order valence-electron chi connectivity index (χ0n) is 10.7. The van der Waals surface area contributed by atoms with Crippen molar-refractivity contribution in [1.29, 1.82) is 0 Å². The van der Waals surface area contributed by atoms with Gasteiger partial charge in [0.25, 0.3) is 5.69 Å². The molecule has 0 fully saturated rings. The number of rotatable bonds is 3. The average Bonchev–Trinajstić information content (AvgIpc) is 2.90. The summed E-state index contributed by atoms with van der Waals surface area (Å²) in [5, 5.41) is 11.2. The Morgan fingerprint density at radius 1 is 1.14 bits per heavy atom. The smallest absolute Gasteiger partial charge is 0.271 e. The molecule has 0 spiro atoms. The molecule has 1 N–H and O–H groups in total. The molecule has 0 bridgehead atoms. The van der Waals surface area contributed by atoms with E-state index in [4.69, 9.17) is 0 Å². The molecule has 21 heavy (non-hydrogen) atoms. The summed E-state index contributed by atoms with van der Waals surface area (Å²) in [4.78, 5) is 25.4. The molecule has 0 aliphatic carbocycles. The van der Waals surface area contributed by atoms with Gasteiger partial charge in [0, 0.05) is 29.3 Å². The number of carbonyl (C=O) groups is 1. The van der Waals surface area contributed by atoms with Crippen LogP contribution in [0, 0.1) is 15.9 Å². The van der Waals surface area contributed by atoms with Crippen LogP contribution in [0.3, 0.4) is 0 Å². The third-order valence-electron chi connectivity index (χ3n) is 3.24. The largest absolute Gasteiger partial charge is 0.360 e. The maximum atomic E-state index is 13.7. The second kappa shape index (κ2) is 4.82. The third kappa shape index (κ3) is 2.16. The van der Waals surface area contributed by atoms with E-state index in [9.17, 15) is 19.3 Å². The van der Waals surface area contributed by atoms with Crippen LogP contribution in [-0.2, 0) is 0 Å². The number of hydrogen-bond acceptors (Lipinski definition) is 3. The molecule has 0 aliphatic heterocycles. The number of aromatic nitrogens is 1. The van der Waals surface area contributed by atoms with Crippen LogP contribution in [0.25, 0.3) is 10.9 Å². The zero-order chi connectivity index (χ0) is 15.0. The van der Waals surface area contributed by atoms with Crippen molar-refractivity contribution in [2.45, 2.75) is 0 Å². The first kappa shape index (κ1) is 13.0. The number of carbonyl (C=O) groups excluding carboxylic acids is 1. The van der Waals surface area contributed by atoms with Gasteiger partial charge in [-0.3, -0.25) is 14.9 Å². The minimum atomic E-state index is -0.598. The van der Waals surface area contributed by atoms with Crippen LogP contribution in [0.5, 0.6) is 0 Å². The Morgan fingerprint density at radius 3 is 2.62 bits per heavy atom. The fourth-order valence-corrected chi connectivity index (χ4v) is 2.21. The lowest BCUT2D eigenvalue weighted by molar-refractivity contribution is -0.384. The molecule has 1 heterocycles. The number of nitro benzene ring substituents is 1. The Kier molecular flexibility index (Phi) is 2.98. The molecule has 0 saturated heterocycles. The van der Waals surface area contributed by atoms with Crippen LogP contribution in [0.15, 0.2) is 48.7 Å². The lowest BCUT2D eigenvalue weighted by Crippen LogP contribution is -2.03. The Balaban J connectivity index is 2.11. The molecule has 3 aromatic rings. The van der Waals surface area contributed by atoms with E-state index in [1.54, 1.807) is 6.07 Å². The number of aromatic amines is 1. The van der Waals surface area contributed by atoms with E-state index in [1.807, 2.05) is 0 Å². The van der Waals surface area contributed by atoms with Crippen molar-refractivity contribution in [3.05, 3.63) is 75.7 Å². The Morgan fingerprint density at radius 2 is 1.90 bits per heavy atom. The van der Waals surface area contributed by atoms with Gasteiger partial charge >= 0.3 is 0 Å². The van der Waals surface area contributed by atoms with Gasteiger partial charge in [-0.2, -0.15) is 0 Å². The first-order valence-corrected chi connectivity index (χ1v) is 6.12. The molecule has 5 nitrogen and oxygen atoms in total. The van der Waals surface area contributed by atoms with Gasteiger partial charge in [0.15, 0.2) is 5.78 Å². The summed E-state index contributed by atoms with van der Waals surface area (Å²) in [5.41, 5.74) is 0.639. The molecule has 0 atom stereocenters. The van der Waals surface area contributed by atoms with Crippen LogP contribution < -0.4 is 0 Å². The lowest BCUT2D eigenvalue weighted by Gasteiger charge is -2.01. The second-order valence-electron chi connectivity index (χ2n) is 4.50. The molecule has 0 unspecified atom stereocenters. The van der Waals surface area contributed by atoms with Gasteiger partial charge in [-0.25, -0.2) is 4.39 Å². The highest BCUT2D eigenvalue weighted by molar-refractivity contribution is 6.16. The number of halogens is 1. The summed E-state index contributed by atoms with van der Waals surface area (Å²) >= 11 is 0. The second-order valence-corrected chi connectivity index (χ2v) is 4.50. The maximum absolute atomic E-state index is 13.7. The number of non-ortho nitro benzene ring substituents is 1. The van der Waals surface area contributed by atoms with Crippen LogP contribution in [-0.4, -0.2) is 15.7 Å². The summed E-state index contributed by atoms with van der Waals surface area (Å²) in [7, 11) is 0. The van der Waals surface area contributed by atoms with E-state index in [0.717, 1.165) is 0 Å². The van der Waals surface area contributed by atoms with Gasteiger partial charge in [-0.05, 0) is 18.2 Å². The third-order valence-corrected chi connectivity index (χ3v) is 3.24. The molecule has 0 saturated carbocycles. The van der Waals surface area contributed by atoms with E-state index < -0.39 is 16.5 Å². The van der Waals surface area contributed by atoms with E-state index in [-0.39, 0.29) is 16.8 Å². The summed E-state index contributed by atoms with van der Waals surface area (Å²) < 4.78 is 13.7. The maximum Gasteiger partial charge on any atom is 0.271 e. The van der Waals surface area contributed by atoms with Crippen molar-refractivity contribution in [2.75, 3.05) is 0 Å². The van der Waals surface area contributed by atoms with Crippen molar-refractivity contribution in [2.24, 2.45) is 0 Å². The topological polar surface area (TPSA) is 76.0 Å². The van der Waals surface area contributed by atoms with Crippen LogP contribution in [0.1, 0.15) is 15.9 Å². The minimum absolute atomic E-state index is 0.0308. The first-order chi connectivity index (χ1) is 10.1. The molecule has 2 aromatic carbocycles. The molecule has 0 aliphatic rings. The molecule has 6 heteroatoms. The van der Waals surface area contributed by atoms with Gasteiger partial charge in [0.1, 0.15) is 5.82 Å². The van der Waals surface area contributed by atoms with E-state index in [2.05, 4.69) is 4.98 Å². The van der Waals surface area contributed by atoms with Crippen LogP contribution >= 0.6 is 0 Å². The number of nitrogens with one attached hydrogen (secondary N) is 1. The lowest BCUT2D eigenvalue weighted by atomic mass is 10.0. The van der Waals surface area contributed by atoms with E-state index in [1.165, 1.54) is 42.6 Å². The van der Waals surface area contributed by atoms with Crippen molar-refractivity contribution in [3.63, 3.8) is 0 Å². The number of hydrogen-bond donors (Lipinski definition) is 1. The Bertz CT molecular complexity index is 870. The Hall–Kier alpha value is -3.02. The van der Waals surface area contributed by atoms with E-state index >= 15 is 0 Å². The Labute approximate surface area is 118 Å². The summed E-state index contributed by atoms with van der Waals surface area (Å²) in [6.45, 7) is 0. The van der Waals surface area contributed by atoms with Crippen molar-refractivity contribution >= 4 is 22.4 Å². The summed E-state index contributed by atoms with van der Waals surface area (Å²) in [5.74, 6) is -1.06. The van der Waals surface area contributed by atoms with Crippen LogP contribution in [0.2, 0.25) is 0 Å². The van der Waals surface area contributed by atoms with Gasteiger partial charge in [-0.1, -0.05) is 12.1 Å². The summed E-state index contributed by atoms with van der Waals surface area (Å²) in [6.07, 6.45) is 1.43. The zero-order valence-corrected chi connectivity index (χ0v) is 10.7. The summed E-state index contributed by atoms with van der Waals surface area (Å²) in [6, 6.07) is 9.84. The number of fused-ring (bicyclic) bond motifs is 1. The van der Waals surface area contributed by atoms with Crippen LogP contribution in [0.4, 0.5) is 10.1 Å². The number of nitro groups is 1. The highest BCUT2D eigenvalue weighted by Crippen LogP contribution is 2.25. The number of benzene rings is 2. The fourth-order valence-electron chi connectivity index (χ4n) is 2.21. The van der Waals surface area contributed by atoms with Crippen molar-refractivity contribution in [1.82, 2.24) is 4.98 Å². The van der Waals surface area contributed by atoms with Crippen molar-refractivity contribution in [3.8, 4) is 0 Å². The highest BCUT2D eigenvalue weighted by atomic mass is 19.1. The molecule has 0 radical (unpaired) electrons. The molecular weight excluding hydrogens is 275 g/mol. The number of nitrogens with zero attached hydrogens (tertiary/aromatic N) is 1. The first-order valence-electron chi connectivity index (χ1n) is 6.12. The SMILES string of the molecule is O=C(c1ccccc1F)c1c[nH]c2cc([N+](=O)[O-])ccc12. The number of H-pyrrole nitrogens is 1. The van der Waals surface area contributed by atoms with Gasteiger partial charge in [0.2, 0.25) is 0 Å². The van der Waals surface area contributed by atoms with E-state index in [0.29, 0.717) is 10.9 Å². The predicted molar refractivity (Wildman–Crippen MR) is 74.8 cm³/mol. The molecule has 104 valence electrons. The van der Waals surface area contributed by atoms with Crippen molar-refractivity contribution < 1.29 is 14.1 Å².